The molecule has 1 unspecified atom stereocenters. The monoisotopic (exact) mass is 272 g/mol. The number of hydrogen-bond acceptors (Lipinski definition) is 3. The summed E-state index contributed by atoms with van der Waals surface area (Å²) in [6.07, 6.45) is 2.44. The van der Waals surface area contributed by atoms with E-state index in [0.29, 0.717) is 18.9 Å². The topological polar surface area (TPSA) is 87.7 Å². The minimum atomic E-state index is -0.850. The lowest BCUT2D eigenvalue weighted by Gasteiger charge is -2.25. The summed E-state index contributed by atoms with van der Waals surface area (Å²) in [6, 6.07) is -0.241. The van der Waals surface area contributed by atoms with Gasteiger partial charge in [0.1, 0.15) is 0 Å². The predicted octanol–water partition coefficient (Wildman–Crippen LogP) is 1.36. The molecule has 19 heavy (non-hydrogen) atoms. The third-order valence-electron chi connectivity index (χ3n) is 3.28. The largest absolute Gasteiger partial charge is 0.481 e. The maximum Gasteiger partial charge on any atom is 0.315 e. The summed E-state index contributed by atoms with van der Waals surface area (Å²) in [7, 11) is 0. The van der Waals surface area contributed by atoms with Gasteiger partial charge in [-0.1, -0.05) is 0 Å². The molecule has 1 rings (SSSR count). The third-order valence-corrected chi connectivity index (χ3v) is 3.28. The number of carboxylic acid groups (broad SMARTS) is 1. The summed E-state index contributed by atoms with van der Waals surface area (Å²) >= 11 is 0. The first kappa shape index (κ1) is 15.8. The van der Waals surface area contributed by atoms with Crippen molar-refractivity contribution in [3.05, 3.63) is 0 Å². The molecule has 0 aromatic carbocycles. The molecule has 110 valence electrons. The second-order valence-electron chi connectivity index (χ2n) is 5.68. The van der Waals surface area contributed by atoms with E-state index in [4.69, 9.17) is 9.84 Å². The highest BCUT2D eigenvalue weighted by Gasteiger charge is 2.21. The fourth-order valence-electron chi connectivity index (χ4n) is 2.03. The van der Waals surface area contributed by atoms with E-state index in [-0.39, 0.29) is 12.5 Å². The zero-order chi connectivity index (χ0) is 14.3. The Balaban J connectivity index is 2.16. The van der Waals surface area contributed by atoms with Crippen molar-refractivity contribution in [3.63, 3.8) is 0 Å². The highest BCUT2D eigenvalue weighted by molar-refractivity contribution is 5.74. The van der Waals surface area contributed by atoms with E-state index in [1.54, 1.807) is 0 Å². The molecule has 1 heterocycles. The van der Waals surface area contributed by atoms with Crippen LogP contribution in [0.1, 0.15) is 39.5 Å². The van der Waals surface area contributed by atoms with Gasteiger partial charge in [0, 0.05) is 31.7 Å². The molecule has 0 aromatic rings. The molecule has 0 radical (unpaired) electrons. The lowest BCUT2D eigenvalue weighted by Crippen LogP contribution is -2.48. The van der Waals surface area contributed by atoms with Crippen LogP contribution in [0.5, 0.6) is 0 Å². The van der Waals surface area contributed by atoms with E-state index >= 15 is 0 Å². The number of carbonyl (C=O) groups excluding carboxylic acids is 1. The van der Waals surface area contributed by atoms with E-state index in [0.717, 1.165) is 26.1 Å². The molecule has 0 aliphatic carbocycles. The van der Waals surface area contributed by atoms with Crippen molar-refractivity contribution in [2.24, 2.45) is 5.92 Å². The Bertz CT molecular complexity index is 312. The van der Waals surface area contributed by atoms with Crippen molar-refractivity contribution in [1.82, 2.24) is 10.6 Å². The van der Waals surface area contributed by atoms with Gasteiger partial charge >= 0.3 is 12.0 Å². The Labute approximate surface area is 113 Å². The van der Waals surface area contributed by atoms with Gasteiger partial charge in [-0.05, 0) is 39.0 Å². The van der Waals surface area contributed by atoms with Gasteiger partial charge in [0.05, 0.1) is 0 Å². The lowest BCUT2D eigenvalue weighted by atomic mass is 9.99. The Morgan fingerprint density at radius 3 is 2.74 bits per heavy atom. The molecule has 1 aliphatic heterocycles. The number of ether oxygens (including phenoxy) is 1. The normalized spacial score (nSPS) is 19.2. The first-order chi connectivity index (χ1) is 8.89. The maximum absolute atomic E-state index is 11.7. The minimum Gasteiger partial charge on any atom is -0.481 e. The summed E-state index contributed by atoms with van der Waals surface area (Å²) in [5.74, 6) is -0.308. The number of urea groups is 1. The van der Waals surface area contributed by atoms with Crippen LogP contribution in [0.15, 0.2) is 0 Å². The van der Waals surface area contributed by atoms with Crippen LogP contribution in [0.4, 0.5) is 4.79 Å². The van der Waals surface area contributed by atoms with E-state index in [1.165, 1.54) is 0 Å². The molecule has 1 atom stereocenters. The van der Waals surface area contributed by atoms with Crippen LogP contribution in [-0.2, 0) is 9.53 Å². The maximum atomic E-state index is 11.7. The number of nitrogens with one attached hydrogen (secondary N) is 2. The number of carbonyl (C=O) groups is 2. The van der Waals surface area contributed by atoms with Crippen LogP contribution < -0.4 is 10.6 Å². The molecular weight excluding hydrogens is 248 g/mol. The fraction of sp³-hybridized carbons (Fsp3) is 0.846. The average molecular weight is 272 g/mol. The van der Waals surface area contributed by atoms with Crippen molar-refractivity contribution in [2.75, 3.05) is 19.8 Å². The van der Waals surface area contributed by atoms with Crippen LogP contribution in [0, 0.1) is 5.92 Å². The van der Waals surface area contributed by atoms with E-state index in [1.807, 2.05) is 13.8 Å². The second-order valence-corrected chi connectivity index (χ2v) is 5.68. The van der Waals surface area contributed by atoms with Crippen LogP contribution in [0.2, 0.25) is 0 Å². The first-order valence-corrected chi connectivity index (χ1v) is 6.74. The fourth-order valence-corrected chi connectivity index (χ4v) is 2.03. The lowest BCUT2D eigenvalue weighted by molar-refractivity contribution is -0.137. The van der Waals surface area contributed by atoms with Crippen LogP contribution in [0.3, 0.4) is 0 Å². The van der Waals surface area contributed by atoms with Crippen molar-refractivity contribution >= 4 is 12.0 Å². The Kier molecular flexibility index (Phi) is 6.08. The average Bonchev–Trinajstić information content (AvgIpc) is 2.79. The Hall–Kier alpha value is -1.30. The zero-order valence-corrected chi connectivity index (χ0v) is 11.7. The summed E-state index contributed by atoms with van der Waals surface area (Å²) < 4.78 is 5.27. The molecule has 0 bridgehead atoms. The standard InChI is InChI=1S/C13H24N2O4/c1-13(2,6-3-11(16)17)15-12(18)14-7-4-10-5-8-19-9-10/h10H,3-9H2,1-2H3,(H,16,17)(H2,14,15,18). The summed E-state index contributed by atoms with van der Waals surface area (Å²) in [6.45, 7) is 5.86. The van der Waals surface area contributed by atoms with Gasteiger partial charge < -0.3 is 20.5 Å². The summed E-state index contributed by atoms with van der Waals surface area (Å²) in [5.41, 5.74) is -0.515. The zero-order valence-electron chi connectivity index (χ0n) is 11.7. The van der Waals surface area contributed by atoms with Gasteiger partial charge in [0.2, 0.25) is 0 Å². The molecule has 1 fully saturated rings. The van der Waals surface area contributed by atoms with Gasteiger partial charge in [-0.15, -0.1) is 0 Å². The molecule has 6 heteroatoms. The van der Waals surface area contributed by atoms with Gasteiger partial charge in [0.25, 0.3) is 0 Å². The second kappa shape index (κ2) is 7.33. The molecule has 0 aromatic heterocycles. The quantitative estimate of drug-likeness (QED) is 0.653. The Morgan fingerprint density at radius 2 is 2.16 bits per heavy atom. The van der Waals surface area contributed by atoms with E-state index < -0.39 is 11.5 Å². The molecular formula is C13H24N2O4. The molecule has 1 aliphatic rings. The summed E-state index contributed by atoms with van der Waals surface area (Å²) in [5, 5.41) is 14.2. The molecule has 6 nitrogen and oxygen atoms in total. The molecule has 0 saturated carbocycles. The molecule has 3 N–H and O–H groups in total. The number of amides is 2. The first-order valence-electron chi connectivity index (χ1n) is 6.74. The third kappa shape index (κ3) is 7.00. The highest BCUT2D eigenvalue weighted by atomic mass is 16.5. The number of rotatable bonds is 7. The van der Waals surface area contributed by atoms with Crippen molar-refractivity contribution < 1.29 is 19.4 Å². The predicted molar refractivity (Wildman–Crippen MR) is 71.0 cm³/mol. The Morgan fingerprint density at radius 1 is 1.42 bits per heavy atom. The van der Waals surface area contributed by atoms with Crippen molar-refractivity contribution in [2.45, 2.75) is 45.1 Å². The van der Waals surface area contributed by atoms with Crippen LogP contribution >= 0.6 is 0 Å². The smallest absolute Gasteiger partial charge is 0.315 e. The number of hydrogen-bond donors (Lipinski definition) is 3. The van der Waals surface area contributed by atoms with Crippen LogP contribution in [-0.4, -0.2) is 42.4 Å². The van der Waals surface area contributed by atoms with Gasteiger partial charge in [-0.25, -0.2) is 4.79 Å². The van der Waals surface area contributed by atoms with Gasteiger partial charge in [-0.2, -0.15) is 0 Å². The molecule has 0 spiro atoms. The molecule has 1 saturated heterocycles. The van der Waals surface area contributed by atoms with E-state index in [9.17, 15) is 9.59 Å². The highest BCUT2D eigenvalue weighted by Crippen LogP contribution is 2.15. The van der Waals surface area contributed by atoms with Crippen molar-refractivity contribution in [3.8, 4) is 0 Å². The molecule has 2 amide bonds. The van der Waals surface area contributed by atoms with Crippen molar-refractivity contribution in [1.29, 1.82) is 0 Å². The van der Waals surface area contributed by atoms with E-state index in [2.05, 4.69) is 10.6 Å². The van der Waals surface area contributed by atoms with Crippen LogP contribution in [0.25, 0.3) is 0 Å². The number of carboxylic acids is 1. The summed E-state index contributed by atoms with van der Waals surface area (Å²) in [4.78, 5) is 22.2. The minimum absolute atomic E-state index is 0.0483. The van der Waals surface area contributed by atoms with Gasteiger partial charge in [-0.3, -0.25) is 4.79 Å². The number of aliphatic carboxylic acids is 1. The SMILES string of the molecule is CC(C)(CCC(=O)O)NC(=O)NCCC1CCOC1. The van der Waals surface area contributed by atoms with Gasteiger partial charge in [0.15, 0.2) is 0 Å².